The highest BCUT2D eigenvalue weighted by Gasteiger charge is 2.21. The van der Waals surface area contributed by atoms with Crippen LogP contribution >= 0.6 is 0 Å². The van der Waals surface area contributed by atoms with E-state index < -0.39 is 5.97 Å². The van der Waals surface area contributed by atoms with E-state index in [1.54, 1.807) is 0 Å². The molecule has 0 saturated heterocycles. The van der Waals surface area contributed by atoms with Crippen LogP contribution in [0.4, 0.5) is 0 Å². The fraction of sp³-hybridized carbons (Fsp3) is 0.636. The lowest BCUT2D eigenvalue weighted by molar-refractivity contribution is -0.297. The molecule has 0 aromatic carbocycles. The van der Waals surface area contributed by atoms with Crippen molar-refractivity contribution in [2.45, 2.75) is 38.6 Å². The molecule has 1 rings (SSSR count). The largest absolute Gasteiger partial charge is 0.545 e. The van der Waals surface area contributed by atoms with Crippen molar-refractivity contribution in [2.24, 2.45) is 5.92 Å². The van der Waals surface area contributed by atoms with E-state index in [1.807, 2.05) is 0 Å². The molecule has 1 aliphatic carbocycles. The van der Waals surface area contributed by atoms with Gasteiger partial charge in [-0.05, 0) is 24.8 Å². The zero-order valence-corrected chi connectivity index (χ0v) is 8.86. The van der Waals surface area contributed by atoms with Crippen LogP contribution in [0.5, 0.6) is 0 Å². The van der Waals surface area contributed by atoms with Crippen LogP contribution in [0.2, 0.25) is 0 Å². The van der Waals surface area contributed by atoms with Crippen molar-refractivity contribution in [3.05, 3.63) is 12.2 Å². The fourth-order valence-electron chi connectivity index (χ4n) is 1.91. The molecule has 1 fully saturated rings. The first-order chi connectivity index (χ1) is 7.09. The molecular weight excluding hydrogens is 194 g/mol. The van der Waals surface area contributed by atoms with Crippen LogP contribution in [0.1, 0.15) is 32.6 Å². The maximum atomic E-state index is 11.3. The number of hydrogen-bond acceptors (Lipinski definition) is 3. The van der Waals surface area contributed by atoms with Gasteiger partial charge >= 0.3 is 0 Å². The Morgan fingerprint density at radius 1 is 1.27 bits per heavy atom. The van der Waals surface area contributed by atoms with E-state index in [-0.39, 0.29) is 11.9 Å². The first-order valence-corrected chi connectivity index (χ1v) is 5.29. The summed E-state index contributed by atoms with van der Waals surface area (Å²) in [6, 6.07) is 0.178. The molecule has 0 bridgehead atoms. The van der Waals surface area contributed by atoms with Crippen molar-refractivity contribution in [3.63, 3.8) is 0 Å². The second-order valence-corrected chi connectivity index (χ2v) is 4.03. The van der Waals surface area contributed by atoms with Crippen molar-refractivity contribution in [2.75, 3.05) is 0 Å². The SMILES string of the molecule is CC1CCCCC1NC(=O)C=CC(=O)[O-]. The molecule has 0 aromatic rings. The van der Waals surface area contributed by atoms with E-state index in [0.29, 0.717) is 5.92 Å². The minimum absolute atomic E-state index is 0.178. The first-order valence-electron chi connectivity index (χ1n) is 5.29. The zero-order valence-electron chi connectivity index (χ0n) is 8.86. The molecule has 1 amide bonds. The topological polar surface area (TPSA) is 69.2 Å². The van der Waals surface area contributed by atoms with Crippen molar-refractivity contribution in [1.29, 1.82) is 0 Å². The minimum Gasteiger partial charge on any atom is -0.545 e. The van der Waals surface area contributed by atoms with Gasteiger partial charge in [-0.3, -0.25) is 4.79 Å². The number of carboxylic acids is 1. The molecular formula is C11H16NO3-. The maximum absolute atomic E-state index is 11.3. The first kappa shape index (κ1) is 11.8. The second kappa shape index (κ2) is 5.53. The summed E-state index contributed by atoms with van der Waals surface area (Å²) in [5.41, 5.74) is 0. The van der Waals surface area contributed by atoms with Gasteiger partial charge in [0.25, 0.3) is 0 Å². The van der Waals surface area contributed by atoms with Crippen LogP contribution in [-0.4, -0.2) is 17.9 Å². The molecule has 4 nitrogen and oxygen atoms in total. The maximum Gasteiger partial charge on any atom is 0.244 e. The van der Waals surface area contributed by atoms with Crippen LogP contribution in [0, 0.1) is 5.92 Å². The second-order valence-electron chi connectivity index (χ2n) is 4.03. The lowest BCUT2D eigenvalue weighted by atomic mass is 9.86. The molecule has 0 radical (unpaired) electrons. The average Bonchev–Trinajstić information content (AvgIpc) is 2.18. The number of nitrogens with one attached hydrogen (secondary N) is 1. The third-order valence-corrected chi connectivity index (χ3v) is 2.81. The number of carbonyl (C=O) groups excluding carboxylic acids is 2. The Kier molecular flexibility index (Phi) is 4.34. The molecule has 2 unspecified atom stereocenters. The van der Waals surface area contributed by atoms with Crippen LogP contribution in [0.15, 0.2) is 12.2 Å². The number of hydrogen-bond donors (Lipinski definition) is 1. The predicted octanol–water partition coefficient (Wildman–Crippen LogP) is -0.0126. The van der Waals surface area contributed by atoms with E-state index in [2.05, 4.69) is 12.2 Å². The number of amides is 1. The van der Waals surface area contributed by atoms with E-state index >= 15 is 0 Å². The summed E-state index contributed by atoms with van der Waals surface area (Å²) in [5.74, 6) is -1.22. The third-order valence-electron chi connectivity index (χ3n) is 2.81. The Bertz CT molecular complexity index is 273. The van der Waals surface area contributed by atoms with Crippen molar-refractivity contribution >= 4 is 11.9 Å². The lowest BCUT2D eigenvalue weighted by Gasteiger charge is -2.29. The summed E-state index contributed by atoms with van der Waals surface area (Å²) in [5, 5.41) is 12.9. The normalized spacial score (nSPS) is 26.5. The van der Waals surface area contributed by atoms with Crippen LogP contribution in [0.25, 0.3) is 0 Å². The lowest BCUT2D eigenvalue weighted by Crippen LogP contribution is -2.40. The Labute approximate surface area is 89.4 Å². The molecule has 1 N–H and O–H groups in total. The minimum atomic E-state index is -1.35. The molecule has 0 aliphatic heterocycles. The predicted molar refractivity (Wildman–Crippen MR) is 53.7 cm³/mol. The van der Waals surface area contributed by atoms with Crippen LogP contribution in [0.3, 0.4) is 0 Å². The molecule has 1 saturated carbocycles. The number of rotatable bonds is 3. The highest BCUT2D eigenvalue weighted by Crippen LogP contribution is 2.23. The van der Waals surface area contributed by atoms with Crippen LogP contribution in [-0.2, 0) is 9.59 Å². The zero-order chi connectivity index (χ0) is 11.3. The molecule has 0 aromatic heterocycles. The van der Waals surface area contributed by atoms with Crippen LogP contribution < -0.4 is 10.4 Å². The summed E-state index contributed by atoms with van der Waals surface area (Å²) in [7, 11) is 0. The van der Waals surface area contributed by atoms with Gasteiger partial charge in [0.1, 0.15) is 0 Å². The Morgan fingerprint density at radius 3 is 2.53 bits per heavy atom. The summed E-state index contributed by atoms with van der Waals surface area (Å²) in [4.78, 5) is 21.4. The number of carbonyl (C=O) groups is 2. The van der Waals surface area contributed by atoms with Gasteiger partial charge in [0.15, 0.2) is 0 Å². The van der Waals surface area contributed by atoms with Crippen molar-refractivity contribution < 1.29 is 14.7 Å². The van der Waals surface area contributed by atoms with Gasteiger partial charge in [0, 0.05) is 12.1 Å². The van der Waals surface area contributed by atoms with Gasteiger partial charge in [-0.15, -0.1) is 0 Å². The number of carboxylic acid groups (broad SMARTS) is 1. The Morgan fingerprint density at radius 2 is 1.93 bits per heavy atom. The standard InChI is InChI=1S/C11H17NO3/c1-8-4-2-3-5-9(8)12-10(13)6-7-11(14)15/h6-9H,2-5H2,1H3,(H,12,13)(H,14,15)/p-1. The van der Waals surface area contributed by atoms with E-state index in [0.717, 1.165) is 31.4 Å². The molecule has 2 atom stereocenters. The molecule has 0 spiro atoms. The van der Waals surface area contributed by atoms with Gasteiger partial charge in [-0.2, -0.15) is 0 Å². The summed E-state index contributed by atoms with van der Waals surface area (Å²) in [6.07, 6.45) is 6.20. The highest BCUT2D eigenvalue weighted by atomic mass is 16.4. The Hall–Kier alpha value is -1.32. The summed E-state index contributed by atoms with van der Waals surface area (Å²) in [6.45, 7) is 2.10. The third kappa shape index (κ3) is 4.14. The Balaban J connectivity index is 2.39. The van der Waals surface area contributed by atoms with E-state index in [1.165, 1.54) is 6.42 Å². The van der Waals surface area contributed by atoms with Crippen molar-refractivity contribution in [1.82, 2.24) is 5.32 Å². The van der Waals surface area contributed by atoms with Crippen molar-refractivity contribution in [3.8, 4) is 0 Å². The van der Waals surface area contributed by atoms with Gasteiger partial charge in [-0.25, -0.2) is 0 Å². The van der Waals surface area contributed by atoms with Gasteiger partial charge in [0.2, 0.25) is 5.91 Å². The van der Waals surface area contributed by atoms with E-state index in [4.69, 9.17) is 0 Å². The van der Waals surface area contributed by atoms with E-state index in [9.17, 15) is 14.7 Å². The molecule has 0 heterocycles. The fourth-order valence-corrected chi connectivity index (χ4v) is 1.91. The van der Waals surface area contributed by atoms with Gasteiger partial charge < -0.3 is 15.2 Å². The smallest absolute Gasteiger partial charge is 0.244 e. The quantitative estimate of drug-likeness (QED) is 0.666. The summed E-state index contributed by atoms with van der Waals surface area (Å²) >= 11 is 0. The summed E-state index contributed by atoms with van der Waals surface area (Å²) < 4.78 is 0. The van der Waals surface area contributed by atoms with Gasteiger partial charge in [0.05, 0.1) is 5.97 Å². The number of aliphatic carboxylic acids is 1. The highest BCUT2D eigenvalue weighted by molar-refractivity contribution is 5.93. The molecule has 84 valence electrons. The molecule has 15 heavy (non-hydrogen) atoms. The average molecular weight is 210 g/mol. The van der Waals surface area contributed by atoms with Gasteiger partial charge in [-0.1, -0.05) is 19.8 Å². The molecule has 4 heteroatoms. The molecule has 1 aliphatic rings. The monoisotopic (exact) mass is 210 g/mol.